The number of benzene rings is 1. The molecule has 0 saturated carbocycles. The second kappa shape index (κ2) is 6.53. The molecule has 3 aromatic rings. The first kappa shape index (κ1) is 18.6. The number of hydrogen-bond donors (Lipinski definition) is 0. The maximum Gasteiger partial charge on any atom is 0.417 e. The van der Waals surface area contributed by atoms with Crippen LogP contribution in [0.25, 0.3) is 11.0 Å². The van der Waals surface area contributed by atoms with Crippen LogP contribution >= 0.6 is 15.9 Å². The molecule has 3 rings (SSSR count). The quantitative estimate of drug-likeness (QED) is 0.556. The molecule has 0 amide bonds. The number of aromatic nitrogens is 4. The summed E-state index contributed by atoms with van der Waals surface area (Å²) in [4.78, 5) is 3.71. The molecule has 0 aliphatic rings. The first-order valence-electron chi connectivity index (χ1n) is 7.77. The van der Waals surface area contributed by atoms with Crippen molar-refractivity contribution in [3.8, 4) is 11.6 Å². The van der Waals surface area contributed by atoms with E-state index in [1.165, 1.54) is 6.07 Å². The molecule has 0 fully saturated rings. The number of nitrogens with zero attached hydrogens (tertiary/aromatic N) is 4. The van der Waals surface area contributed by atoms with Crippen LogP contribution in [0.4, 0.5) is 13.2 Å². The summed E-state index contributed by atoms with van der Waals surface area (Å²) in [6, 6.07) is 5.61. The third kappa shape index (κ3) is 3.98. The number of hydrogen-bond acceptors (Lipinski definition) is 4. The zero-order valence-corrected chi connectivity index (χ0v) is 15.9. The van der Waals surface area contributed by atoms with E-state index in [1.807, 2.05) is 6.07 Å². The summed E-state index contributed by atoms with van der Waals surface area (Å²) in [6.45, 7) is 6.99. The fourth-order valence-corrected chi connectivity index (χ4v) is 2.85. The number of pyridine rings is 1. The van der Waals surface area contributed by atoms with E-state index in [2.05, 4.69) is 52.0 Å². The maximum atomic E-state index is 12.6. The Morgan fingerprint density at radius 3 is 2.42 bits per heavy atom. The third-order valence-corrected chi connectivity index (χ3v) is 4.26. The van der Waals surface area contributed by atoms with Crippen LogP contribution in [-0.4, -0.2) is 20.0 Å². The fourth-order valence-electron chi connectivity index (χ4n) is 2.35. The molecule has 0 atom stereocenters. The van der Waals surface area contributed by atoms with Gasteiger partial charge in [-0.15, -0.1) is 5.10 Å². The summed E-state index contributed by atoms with van der Waals surface area (Å²) in [6.07, 6.45) is -3.70. The number of fused-ring (bicyclic) bond motifs is 1. The number of alkyl halides is 3. The van der Waals surface area contributed by atoms with Crippen LogP contribution < -0.4 is 4.74 Å². The van der Waals surface area contributed by atoms with E-state index in [1.54, 1.807) is 10.7 Å². The highest BCUT2D eigenvalue weighted by molar-refractivity contribution is 9.10. The van der Waals surface area contributed by atoms with Crippen LogP contribution in [0.15, 0.2) is 34.9 Å². The second-order valence-corrected chi connectivity index (χ2v) is 7.83. The molecule has 5 nitrogen and oxygen atoms in total. The monoisotopic (exact) mass is 428 g/mol. The molecule has 0 bridgehead atoms. The molecular formula is C17H16BrF3N4O. The lowest BCUT2D eigenvalue weighted by Gasteiger charge is -2.18. The van der Waals surface area contributed by atoms with Crippen molar-refractivity contribution >= 4 is 27.0 Å². The van der Waals surface area contributed by atoms with Gasteiger partial charge in [-0.1, -0.05) is 26.0 Å². The van der Waals surface area contributed by atoms with E-state index in [0.29, 0.717) is 22.3 Å². The number of halogens is 4. The molecule has 0 aliphatic heterocycles. The Balaban J connectivity index is 1.88. The van der Waals surface area contributed by atoms with Crippen LogP contribution in [0.2, 0.25) is 0 Å². The van der Waals surface area contributed by atoms with Gasteiger partial charge in [0.25, 0.3) is 0 Å². The molecule has 0 saturated heterocycles. The van der Waals surface area contributed by atoms with Crippen molar-refractivity contribution < 1.29 is 17.9 Å². The summed E-state index contributed by atoms with van der Waals surface area (Å²) in [5.41, 5.74) is 0.648. The average molecular weight is 429 g/mol. The normalized spacial score (nSPS) is 12.6. The van der Waals surface area contributed by atoms with E-state index in [0.717, 1.165) is 17.8 Å². The maximum absolute atomic E-state index is 12.6. The predicted octanol–water partition coefficient (Wildman–Crippen LogP) is 5.45. The Kier molecular flexibility index (Phi) is 4.68. The van der Waals surface area contributed by atoms with Crippen molar-refractivity contribution in [3.63, 3.8) is 0 Å². The molecule has 2 aromatic heterocycles. The van der Waals surface area contributed by atoms with Gasteiger partial charge >= 0.3 is 6.18 Å². The first-order chi connectivity index (χ1) is 12.0. The minimum Gasteiger partial charge on any atom is -0.438 e. The summed E-state index contributed by atoms with van der Waals surface area (Å²) in [7, 11) is 0. The van der Waals surface area contributed by atoms with E-state index in [9.17, 15) is 13.2 Å². The highest BCUT2D eigenvalue weighted by Gasteiger charge is 2.30. The van der Waals surface area contributed by atoms with Gasteiger partial charge in [0, 0.05) is 18.8 Å². The molecule has 2 heterocycles. The standard InChI is InChI=1S/C17H16BrF3N4O/c1-16(2,3)9-25-11-5-6-12(14(18)15(11)23-24-25)26-13-7-4-10(8-22-13)17(19,20)21/h4-8H,9H2,1-3H3. The molecular weight excluding hydrogens is 413 g/mol. The zero-order chi connectivity index (χ0) is 19.1. The number of ether oxygens (including phenoxy) is 1. The van der Waals surface area contributed by atoms with Gasteiger partial charge in [-0.3, -0.25) is 0 Å². The van der Waals surface area contributed by atoms with Crippen molar-refractivity contribution in [1.29, 1.82) is 0 Å². The van der Waals surface area contributed by atoms with Gasteiger partial charge in [0.2, 0.25) is 5.88 Å². The summed E-state index contributed by atoms with van der Waals surface area (Å²) in [5, 5.41) is 8.34. The number of rotatable bonds is 3. The molecule has 9 heteroatoms. The average Bonchev–Trinajstić information content (AvgIpc) is 2.91. The van der Waals surface area contributed by atoms with Gasteiger partial charge in [-0.05, 0) is 39.5 Å². The third-order valence-electron chi connectivity index (χ3n) is 3.49. The fraction of sp³-hybridized carbons (Fsp3) is 0.353. The van der Waals surface area contributed by atoms with Crippen LogP contribution in [0.1, 0.15) is 26.3 Å². The summed E-state index contributed by atoms with van der Waals surface area (Å²) in [5.74, 6) is 0.452. The topological polar surface area (TPSA) is 52.8 Å². The van der Waals surface area contributed by atoms with Gasteiger partial charge in [-0.2, -0.15) is 13.2 Å². The van der Waals surface area contributed by atoms with E-state index < -0.39 is 11.7 Å². The van der Waals surface area contributed by atoms with Crippen molar-refractivity contribution in [2.75, 3.05) is 0 Å². The zero-order valence-electron chi connectivity index (χ0n) is 14.3. The summed E-state index contributed by atoms with van der Waals surface area (Å²) < 4.78 is 45.8. The van der Waals surface area contributed by atoms with Gasteiger partial charge in [0.1, 0.15) is 11.3 Å². The Hall–Kier alpha value is -2.16. The van der Waals surface area contributed by atoms with Crippen molar-refractivity contribution in [2.45, 2.75) is 33.5 Å². The Labute approximate surface area is 156 Å². The molecule has 0 aliphatic carbocycles. The molecule has 1 aromatic carbocycles. The summed E-state index contributed by atoms with van der Waals surface area (Å²) >= 11 is 3.43. The first-order valence-corrected chi connectivity index (χ1v) is 8.57. The van der Waals surface area contributed by atoms with Crippen LogP contribution in [0.5, 0.6) is 11.6 Å². The highest BCUT2D eigenvalue weighted by atomic mass is 79.9. The lowest BCUT2D eigenvalue weighted by molar-refractivity contribution is -0.137. The lowest BCUT2D eigenvalue weighted by Crippen LogP contribution is -2.16. The Morgan fingerprint density at radius 1 is 1.12 bits per heavy atom. The van der Waals surface area contributed by atoms with Gasteiger partial charge in [0.05, 0.1) is 15.6 Å². The van der Waals surface area contributed by atoms with Gasteiger partial charge < -0.3 is 4.74 Å². The van der Waals surface area contributed by atoms with Crippen LogP contribution in [0.3, 0.4) is 0 Å². The minimum atomic E-state index is -4.43. The lowest BCUT2D eigenvalue weighted by atomic mass is 9.97. The molecule has 0 N–H and O–H groups in total. The largest absolute Gasteiger partial charge is 0.438 e. The van der Waals surface area contributed by atoms with Crippen molar-refractivity contribution in [3.05, 3.63) is 40.5 Å². The van der Waals surface area contributed by atoms with Crippen molar-refractivity contribution in [2.24, 2.45) is 5.41 Å². The molecule has 0 radical (unpaired) electrons. The smallest absolute Gasteiger partial charge is 0.417 e. The van der Waals surface area contributed by atoms with Crippen molar-refractivity contribution in [1.82, 2.24) is 20.0 Å². The van der Waals surface area contributed by atoms with E-state index in [-0.39, 0.29) is 11.3 Å². The Bertz CT molecular complexity index is 930. The van der Waals surface area contributed by atoms with Gasteiger partial charge in [-0.25, -0.2) is 9.67 Å². The van der Waals surface area contributed by atoms with E-state index >= 15 is 0 Å². The highest BCUT2D eigenvalue weighted by Crippen LogP contribution is 2.35. The second-order valence-electron chi connectivity index (χ2n) is 7.04. The van der Waals surface area contributed by atoms with E-state index in [4.69, 9.17) is 4.74 Å². The molecule has 26 heavy (non-hydrogen) atoms. The Morgan fingerprint density at radius 2 is 1.85 bits per heavy atom. The van der Waals surface area contributed by atoms with Gasteiger partial charge in [0.15, 0.2) is 0 Å². The SMILES string of the molecule is CC(C)(C)Cn1nnc2c(Br)c(Oc3ccc(C(F)(F)F)cn3)ccc21. The molecule has 0 spiro atoms. The molecule has 138 valence electrons. The van der Waals surface area contributed by atoms with Crippen LogP contribution in [-0.2, 0) is 12.7 Å². The minimum absolute atomic E-state index is 0.0342. The molecule has 0 unspecified atom stereocenters. The van der Waals surface area contributed by atoms with Crippen LogP contribution in [0, 0.1) is 5.41 Å². The predicted molar refractivity (Wildman–Crippen MR) is 94.0 cm³/mol.